The normalized spacial score (nSPS) is 39.7. The van der Waals surface area contributed by atoms with Crippen molar-refractivity contribution < 1.29 is 0 Å². The molecule has 2 nitrogen and oxygen atoms in total. The Balaban J connectivity index is 1.48. The predicted octanol–water partition coefficient (Wildman–Crippen LogP) is 2.49. The number of rotatable bonds is 4. The molecule has 2 saturated carbocycles. The van der Waals surface area contributed by atoms with Crippen molar-refractivity contribution in [1.29, 1.82) is 0 Å². The Kier molecular flexibility index (Phi) is 3.98. The van der Waals surface area contributed by atoms with E-state index in [1.165, 1.54) is 58.0 Å². The van der Waals surface area contributed by atoms with Gasteiger partial charge < -0.3 is 5.32 Å². The number of nitrogens with one attached hydrogen (secondary N) is 1. The van der Waals surface area contributed by atoms with Gasteiger partial charge in [0.25, 0.3) is 0 Å². The third-order valence-electron chi connectivity index (χ3n) is 4.74. The van der Waals surface area contributed by atoms with Gasteiger partial charge in [-0.05, 0) is 38.4 Å². The van der Waals surface area contributed by atoms with Crippen LogP contribution in [0.15, 0.2) is 0 Å². The Labute approximate surface area is 110 Å². The highest BCUT2D eigenvalue weighted by Crippen LogP contribution is 2.31. The van der Waals surface area contributed by atoms with E-state index in [9.17, 15) is 0 Å². The SMILES string of the molecule is CSC1CCCCC1NC1CCN(C2CC2)C1. The highest BCUT2D eigenvalue weighted by atomic mass is 32.2. The molecular formula is C14H26N2S. The van der Waals surface area contributed by atoms with Crippen molar-refractivity contribution in [3.05, 3.63) is 0 Å². The van der Waals surface area contributed by atoms with Crippen LogP contribution in [0, 0.1) is 0 Å². The van der Waals surface area contributed by atoms with E-state index in [4.69, 9.17) is 0 Å². The molecule has 2 aliphatic carbocycles. The van der Waals surface area contributed by atoms with Gasteiger partial charge in [0.15, 0.2) is 0 Å². The average Bonchev–Trinajstić information content (AvgIpc) is 3.11. The van der Waals surface area contributed by atoms with Crippen LogP contribution in [0.25, 0.3) is 0 Å². The Morgan fingerprint density at radius 1 is 1.06 bits per heavy atom. The summed E-state index contributed by atoms with van der Waals surface area (Å²) in [6.07, 6.45) is 12.3. The smallest absolute Gasteiger partial charge is 0.0210 e. The molecule has 0 radical (unpaired) electrons. The van der Waals surface area contributed by atoms with Gasteiger partial charge in [-0.3, -0.25) is 4.90 Å². The van der Waals surface area contributed by atoms with Crippen LogP contribution in [-0.2, 0) is 0 Å². The molecule has 3 fully saturated rings. The summed E-state index contributed by atoms with van der Waals surface area (Å²) >= 11 is 2.08. The summed E-state index contributed by atoms with van der Waals surface area (Å²) < 4.78 is 0. The first-order valence-electron chi connectivity index (χ1n) is 7.39. The van der Waals surface area contributed by atoms with Crippen LogP contribution in [0.5, 0.6) is 0 Å². The number of hydrogen-bond acceptors (Lipinski definition) is 3. The Morgan fingerprint density at radius 2 is 1.88 bits per heavy atom. The fraction of sp³-hybridized carbons (Fsp3) is 1.00. The molecule has 1 N–H and O–H groups in total. The Hall–Kier alpha value is 0.270. The van der Waals surface area contributed by atoms with Crippen LogP contribution in [0.3, 0.4) is 0 Å². The van der Waals surface area contributed by atoms with Gasteiger partial charge in [0.2, 0.25) is 0 Å². The van der Waals surface area contributed by atoms with Gasteiger partial charge in [-0.2, -0.15) is 11.8 Å². The minimum absolute atomic E-state index is 0.786. The van der Waals surface area contributed by atoms with Gasteiger partial charge in [0.1, 0.15) is 0 Å². The summed E-state index contributed by atoms with van der Waals surface area (Å²) in [6, 6.07) is 2.54. The minimum Gasteiger partial charge on any atom is -0.309 e. The Morgan fingerprint density at radius 3 is 2.65 bits per heavy atom. The zero-order valence-electron chi connectivity index (χ0n) is 11.0. The first-order chi connectivity index (χ1) is 8.36. The Bertz CT molecular complexity index is 255. The molecule has 3 heteroatoms. The molecule has 1 heterocycles. The summed E-state index contributed by atoms with van der Waals surface area (Å²) in [5, 5.41) is 4.84. The lowest BCUT2D eigenvalue weighted by Crippen LogP contribution is -2.46. The van der Waals surface area contributed by atoms with Crippen molar-refractivity contribution in [2.45, 2.75) is 68.3 Å². The van der Waals surface area contributed by atoms with E-state index in [0.29, 0.717) is 0 Å². The lowest BCUT2D eigenvalue weighted by Gasteiger charge is -2.33. The summed E-state index contributed by atoms with van der Waals surface area (Å²) in [7, 11) is 0. The number of hydrogen-bond donors (Lipinski definition) is 1. The van der Waals surface area contributed by atoms with E-state index < -0.39 is 0 Å². The quantitative estimate of drug-likeness (QED) is 0.830. The first kappa shape index (κ1) is 12.3. The van der Waals surface area contributed by atoms with Crippen molar-refractivity contribution in [3.63, 3.8) is 0 Å². The van der Waals surface area contributed by atoms with Crippen molar-refractivity contribution in [2.75, 3.05) is 19.3 Å². The van der Waals surface area contributed by atoms with Crippen LogP contribution >= 0.6 is 11.8 Å². The monoisotopic (exact) mass is 254 g/mol. The fourth-order valence-electron chi connectivity index (χ4n) is 3.57. The largest absolute Gasteiger partial charge is 0.309 e. The third kappa shape index (κ3) is 2.99. The summed E-state index contributed by atoms with van der Waals surface area (Å²) in [5.74, 6) is 0. The highest BCUT2D eigenvalue weighted by Gasteiger charge is 2.35. The van der Waals surface area contributed by atoms with E-state index in [1.54, 1.807) is 0 Å². The third-order valence-corrected chi connectivity index (χ3v) is 5.91. The van der Waals surface area contributed by atoms with E-state index in [-0.39, 0.29) is 0 Å². The molecule has 0 aromatic heterocycles. The molecule has 98 valence electrons. The molecule has 0 bridgehead atoms. The highest BCUT2D eigenvalue weighted by molar-refractivity contribution is 7.99. The van der Waals surface area contributed by atoms with Gasteiger partial charge in [0, 0.05) is 36.5 Å². The van der Waals surface area contributed by atoms with Crippen LogP contribution < -0.4 is 5.32 Å². The zero-order valence-corrected chi connectivity index (χ0v) is 11.8. The molecule has 0 aromatic carbocycles. The lowest BCUT2D eigenvalue weighted by molar-refractivity contribution is 0.300. The molecule has 1 saturated heterocycles. The maximum Gasteiger partial charge on any atom is 0.0210 e. The number of likely N-dealkylation sites (tertiary alicyclic amines) is 1. The maximum atomic E-state index is 3.97. The molecule has 3 atom stereocenters. The van der Waals surface area contributed by atoms with Gasteiger partial charge in [-0.1, -0.05) is 12.8 Å². The van der Waals surface area contributed by atoms with E-state index in [1.807, 2.05) is 0 Å². The van der Waals surface area contributed by atoms with E-state index >= 15 is 0 Å². The van der Waals surface area contributed by atoms with Crippen molar-refractivity contribution in [2.24, 2.45) is 0 Å². The van der Waals surface area contributed by atoms with Crippen LogP contribution in [0.4, 0.5) is 0 Å². The second-order valence-electron chi connectivity index (χ2n) is 6.04. The van der Waals surface area contributed by atoms with Gasteiger partial charge >= 0.3 is 0 Å². The van der Waals surface area contributed by atoms with Crippen molar-refractivity contribution in [3.8, 4) is 0 Å². The first-order valence-corrected chi connectivity index (χ1v) is 8.68. The van der Waals surface area contributed by atoms with Crippen LogP contribution in [0.2, 0.25) is 0 Å². The standard InChI is InChI=1S/C14H26N2S/c1-17-14-5-3-2-4-13(14)15-11-8-9-16(10-11)12-6-7-12/h11-15H,2-10H2,1H3. The van der Waals surface area contributed by atoms with Gasteiger partial charge in [-0.15, -0.1) is 0 Å². The number of nitrogens with zero attached hydrogens (tertiary/aromatic N) is 1. The van der Waals surface area contributed by atoms with Gasteiger partial charge in [0.05, 0.1) is 0 Å². The summed E-state index contributed by atoms with van der Waals surface area (Å²) in [5.41, 5.74) is 0. The van der Waals surface area contributed by atoms with Crippen LogP contribution in [-0.4, -0.2) is 47.6 Å². The zero-order chi connectivity index (χ0) is 11.7. The van der Waals surface area contributed by atoms with Crippen molar-refractivity contribution >= 4 is 11.8 Å². The molecule has 3 unspecified atom stereocenters. The van der Waals surface area contributed by atoms with E-state index in [0.717, 1.165) is 23.4 Å². The second kappa shape index (κ2) is 5.50. The molecule has 3 rings (SSSR count). The average molecular weight is 254 g/mol. The molecule has 1 aliphatic heterocycles. The van der Waals surface area contributed by atoms with Gasteiger partial charge in [-0.25, -0.2) is 0 Å². The molecule has 3 aliphatic rings. The maximum absolute atomic E-state index is 3.97. The molecule has 0 aromatic rings. The second-order valence-corrected chi connectivity index (χ2v) is 7.12. The molecular weight excluding hydrogens is 228 g/mol. The predicted molar refractivity (Wildman–Crippen MR) is 75.7 cm³/mol. The fourth-order valence-corrected chi connectivity index (χ4v) is 4.51. The molecule has 0 spiro atoms. The molecule has 17 heavy (non-hydrogen) atoms. The topological polar surface area (TPSA) is 15.3 Å². The number of thioether (sulfide) groups is 1. The van der Waals surface area contributed by atoms with E-state index in [2.05, 4.69) is 28.2 Å². The minimum atomic E-state index is 0.786. The summed E-state index contributed by atoms with van der Waals surface area (Å²) in [4.78, 5) is 2.72. The van der Waals surface area contributed by atoms with Crippen molar-refractivity contribution in [1.82, 2.24) is 10.2 Å². The molecule has 0 amide bonds. The van der Waals surface area contributed by atoms with Crippen LogP contribution in [0.1, 0.15) is 44.9 Å². The summed E-state index contributed by atoms with van der Waals surface area (Å²) in [6.45, 7) is 2.67. The lowest BCUT2D eigenvalue weighted by atomic mass is 9.94.